The Bertz CT molecular complexity index is 1170. The second-order valence-corrected chi connectivity index (χ2v) is 7.80. The van der Waals surface area contributed by atoms with Gasteiger partial charge >= 0.3 is 0 Å². The number of pyridine rings is 1. The van der Waals surface area contributed by atoms with Crippen LogP contribution in [0.3, 0.4) is 0 Å². The minimum atomic E-state index is -0.940. The van der Waals surface area contributed by atoms with Gasteiger partial charge in [-0.05, 0) is 42.2 Å². The Labute approximate surface area is 189 Å². The summed E-state index contributed by atoms with van der Waals surface area (Å²) in [5.74, 6) is -0.731. The number of carbonyl (C=O) groups is 2. The van der Waals surface area contributed by atoms with Gasteiger partial charge in [-0.15, -0.1) is 5.10 Å². The van der Waals surface area contributed by atoms with Gasteiger partial charge in [0.15, 0.2) is 5.69 Å². The average Bonchev–Trinajstić information content (AvgIpc) is 3.38. The Morgan fingerprint density at radius 1 is 1.03 bits per heavy atom. The molecule has 1 N–H and O–H groups in total. The molecule has 0 aliphatic rings. The van der Waals surface area contributed by atoms with Crippen LogP contribution in [0.4, 0.5) is 5.69 Å². The molecule has 2 amide bonds. The summed E-state index contributed by atoms with van der Waals surface area (Å²) in [6.07, 6.45) is 3.23. The molecule has 0 unspecified atom stereocenters. The van der Waals surface area contributed by atoms with Crippen molar-refractivity contribution >= 4 is 29.0 Å². The summed E-state index contributed by atoms with van der Waals surface area (Å²) >= 11 is 1.08. The summed E-state index contributed by atoms with van der Waals surface area (Å²) in [4.78, 5) is 32.6. The van der Waals surface area contributed by atoms with Gasteiger partial charge in [0.2, 0.25) is 5.91 Å². The van der Waals surface area contributed by atoms with Crippen molar-refractivity contribution in [2.45, 2.75) is 19.5 Å². The lowest BCUT2D eigenvalue weighted by Crippen LogP contribution is -2.44. The van der Waals surface area contributed by atoms with E-state index in [1.54, 1.807) is 29.9 Å². The van der Waals surface area contributed by atoms with Crippen LogP contribution in [0.25, 0.3) is 0 Å². The lowest BCUT2D eigenvalue weighted by Gasteiger charge is -2.30. The van der Waals surface area contributed by atoms with Crippen LogP contribution in [0, 0.1) is 6.92 Å². The number of amides is 2. The van der Waals surface area contributed by atoms with E-state index in [9.17, 15) is 9.59 Å². The van der Waals surface area contributed by atoms with Gasteiger partial charge in [-0.3, -0.25) is 19.5 Å². The van der Waals surface area contributed by atoms with E-state index in [1.807, 2.05) is 61.5 Å². The number of aryl methyl sites for hydroxylation is 1. The summed E-state index contributed by atoms with van der Waals surface area (Å²) < 4.78 is 3.82. The highest BCUT2D eigenvalue weighted by atomic mass is 32.1. The molecule has 4 rings (SSSR count). The molecule has 0 saturated carbocycles. The zero-order chi connectivity index (χ0) is 22.3. The fourth-order valence-electron chi connectivity index (χ4n) is 3.31. The molecule has 2 heterocycles. The van der Waals surface area contributed by atoms with E-state index >= 15 is 0 Å². The summed E-state index contributed by atoms with van der Waals surface area (Å²) in [6, 6.07) is 19.6. The molecule has 0 bridgehead atoms. The maximum atomic E-state index is 13.5. The fourth-order valence-corrected chi connectivity index (χ4v) is 3.74. The first-order valence-electron chi connectivity index (χ1n) is 10.0. The summed E-state index contributed by atoms with van der Waals surface area (Å²) in [6.45, 7) is 2.30. The zero-order valence-corrected chi connectivity index (χ0v) is 18.2. The number of hydrogen-bond acceptors (Lipinski definition) is 6. The molecule has 4 aromatic rings. The molecule has 160 valence electrons. The molecule has 2 aromatic carbocycles. The Balaban J connectivity index is 1.75. The number of hydrogen-bond donors (Lipinski definition) is 1. The van der Waals surface area contributed by atoms with Gasteiger partial charge in [0.1, 0.15) is 6.04 Å². The third-order valence-electron chi connectivity index (χ3n) is 4.93. The van der Waals surface area contributed by atoms with Crippen molar-refractivity contribution in [3.63, 3.8) is 0 Å². The van der Waals surface area contributed by atoms with E-state index in [-0.39, 0.29) is 11.6 Å². The van der Waals surface area contributed by atoms with Gasteiger partial charge in [-0.25, -0.2) is 0 Å². The number of anilines is 1. The normalized spacial score (nSPS) is 11.5. The van der Waals surface area contributed by atoms with Gasteiger partial charge in [-0.2, -0.15) is 0 Å². The van der Waals surface area contributed by atoms with Crippen LogP contribution in [0.5, 0.6) is 0 Å². The third kappa shape index (κ3) is 4.87. The van der Waals surface area contributed by atoms with Crippen LogP contribution in [-0.4, -0.2) is 26.4 Å². The first kappa shape index (κ1) is 21.3. The molecule has 0 fully saturated rings. The molecule has 0 aliphatic carbocycles. The van der Waals surface area contributed by atoms with Gasteiger partial charge in [0, 0.05) is 35.6 Å². The number of nitrogens with zero attached hydrogens (tertiary/aromatic N) is 4. The number of rotatable bonds is 7. The van der Waals surface area contributed by atoms with Crippen molar-refractivity contribution in [2.75, 3.05) is 4.90 Å². The monoisotopic (exact) mass is 443 g/mol. The summed E-state index contributed by atoms with van der Waals surface area (Å²) in [5.41, 5.74) is 3.36. The van der Waals surface area contributed by atoms with E-state index in [2.05, 4.69) is 19.9 Å². The Morgan fingerprint density at radius 2 is 1.81 bits per heavy atom. The minimum absolute atomic E-state index is 0.181. The zero-order valence-electron chi connectivity index (χ0n) is 17.4. The van der Waals surface area contributed by atoms with Crippen LogP contribution in [0.2, 0.25) is 0 Å². The molecule has 1 atom stereocenters. The minimum Gasteiger partial charge on any atom is -0.350 e. The van der Waals surface area contributed by atoms with Gasteiger partial charge in [0.25, 0.3) is 5.91 Å². The number of carbonyl (C=O) groups excluding carboxylic acids is 2. The fraction of sp³-hybridized carbons (Fsp3) is 0.125. The maximum Gasteiger partial charge on any atom is 0.280 e. The highest BCUT2D eigenvalue weighted by molar-refractivity contribution is 7.03. The second-order valence-electron chi connectivity index (χ2n) is 7.19. The number of nitrogens with one attached hydrogen (secondary N) is 1. The standard InChI is InChI=1S/C24H21N5O2S/c1-17-9-11-20(12-10-17)29(24(31)21-16-32-28-27-21)22(19-8-5-13-25-15-19)23(30)26-14-18-6-3-2-4-7-18/h2-13,15-16,22H,14H2,1H3,(H,26,30)/t22-/m1/s1. The van der Waals surface area contributed by atoms with Crippen molar-refractivity contribution in [1.82, 2.24) is 19.9 Å². The van der Waals surface area contributed by atoms with E-state index in [0.29, 0.717) is 17.8 Å². The van der Waals surface area contributed by atoms with Gasteiger partial charge in [-0.1, -0.05) is 58.6 Å². The quantitative estimate of drug-likeness (QED) is 0.467. The summed E-state index contributed by atoms with van der Waals surface area (Å²) in [5, 5.41) is 8.48. The molecule has 7 nitrogen and oxygen atoms in total. The van der Waals surface area contributed by atoms with Crippen molar-refractivity contribution < 1.29 is 9.59 Å². The predicted octanol–water partition coefficient (Wildman–Crippen LogP) is 3.95. The molecule has 0 radical (unpaired) electrons. The van der Waals surface area contributed by atoms with Crippen LogP contribution >= 0.6 is 11.5 Å². The largest absolute Gasteiger partial charge is 0.350 e. The molecule has 0 saturated heterocycles. The van der Waals surface area contributed by atoms with Crippen LogP contribution in [0.15, 0.2) is 84.5 Å². The first-order valence-corrected chi connectivity index (χ1v) is 10.9. The lowest BCUT2D eigenvalue weighted by atomic mass is 10.0. The summed E-state index contributed by atoms with van der Waals surface area (Å²) in [7, 11) is 0. The van der Waals surface area contributed by atoms with Crippen molar-refractivity contribution in [1.29, 1.82) is 0 Å². The highest BCUT2D eigenvalue weighted by Gasteiger charge is 2.34. The first-order chi connectivity index (χ1) is 15.6. The van der Waals surface area contributed by atoms with Crippen molar-refractivity contribution in [3.8, 4) is 0 Å². The Morgan fingerprint density at radius 3 is 2.47 bits per heavy atom. The van der Waals surface area contributed by atoms with E-state index in [1.165, 1.54) is 4.90 Å². The smallest absolute Gasteiger partial charge is 0.280 e. The molecule has 0 spiro atoms. The molecule has 32 heavy (non-hydrogen) atoms. The molecule has 0 aliphatic heterocycles. The van der Waals surface area contributed by atoms with E-state index in [4.69, 9.17) is 0 Å². The number of benzene rings is 2. The maximum absolute atomic E-state index is 13.5. The molecular formula is C24H21N5O2S. The van der Waals surface area contributed by atoms with Crippen LogP contribution in [0.1, 0.15) is 33.2 Å². The van der Waals surface area contributed by atoms with Crippen molar-refractivity contribution in [3.05, 3.63) is 107 Å². The molecular weight excluding hydrogens is 422 g/mol. The Hall–Kier alpha value is -3.91. The average molecular weight is 444 g/mol. The van der Waals surface area contributed by atoms with Crippen molar-refractivity contribution in [2.24, 2.45) is 0 Å². The Kier molecular flexibility index (Phi) is 6.62. The van der Waals surface area contributed by atoms with Gasteiger partial charge in [0.05, 0.1) is 0 Å². The number of aromatic nitrogens is 3. The third-order valence-corrected chi connectivity index (χ3v) is 5.43. The van der Waals surface area contributed by atoms with Crippen LogP contribution < -0.4 is 10.2 Å². The molecule has 8 heteroatoms. The van der Waals surface area contributed by atoms with Gasteiger partial charge < -0.3 is 5.32 Å². The highest BCUT2D eigenvalue weighted by Crippen LogP contribution is 2.29. The SMILES string of the molecule is Cc1ccc(N(C(=O)c2csnn2)[C@@H](C(=O)NCc2ccccc2)c2cccnc2)cc1. The van der Waals surface area contributed by atoms with E-state index in [0.717, 1.165) is 22.7 Å². The topological polar surface area (TPSA) is 88.1 Å². The van der Waals surface area contributed by atoms with E-state index < -0.39 is 11.9 Å². The second kappa shape index (κ2) is 9.93. The predicted molar refractivity (Wildman–Crippen MR) is 123 cm³/mol. The molecule has 2 aromatic heterocycles. The van der Waals surface area contributed by atoms with Crippen LogP contribution in [-0.2, 0) is 11.3 Å². The lowest BCUT2D eigenvalue weighted by molar-refractivity contribution is -0.122.